The van der Waals surface area contributed by atoms with Gasteiger partial charge in [0.2, 0.25) is 0 Å². The van der Waals surface area contributed by atoms with Gasteiger partial charge in [-0.05, 0) is 41.5 Å². The van der Waals surface area contributed by atoms with Gasteiger partial charge < -0.3 is 5.32 Å². The summed E-state index contributed by atoms with van der Waals surface area (Å²) >= 11 is 0. The van der Waals surface area contributed by atoms with Crippen LogP contribution in [0.2, 0.25) is 0 Å². The molecule has 164 valence electrons. The highest BCUT2D eigenvalue weighted by Crippen LogP contribution is 2.32. The summed E-state index contributed by atoms with van der Waals surface area (Å²) in [6.45, 7) is 0.505. The van der Waals surface area contributed by atoms with Crippen LogP contribution in [0, 0.1) is 5.82 Å². The summed E-state index contributed by atoms with van der Waals surface area (Å²) in [5, 5.41) is 13.5. The Hall–Kier alpha value is -4.02. The Kier molecular flexibility index (Phi) is 5.71. The zero-order valence-electron chi connectivity index (χ0n) is 16.4. The van der Waals surface area contributed by atoms with Gasteiger partial charge in [0.05, 0.1) is 12.2 Å². The Balaban J connectivity index is 1.53. The second kappa shape index (κ2) is 8.61. The summed E-state index contributed by atoms with van der Waals surface area (Å²) in [6.07, 6.45) is -1.45. The van der Waals surface area contributed by atoms with E-state index in [2.05, 4.69) is 20.7 Å². The fourth-order valence-corrected chi connectivity index (χ4v) is 3.14. The van der Waals surface area contributed by atoms with E-state index in [4.69, 9.17) is 0 Å². The molecule has 0 spiro atoms. The maximum atomic E-state index is 13.7. The molecular formula is C21H16F4N6O. The Morgan fingerprint density at radius 2 is 1.78 bits per heavy atom. The molecule has 0 aliphatic rings. The van der Waals surface area contributed by atoms with Gasteiger partial charge in [-0.2, -0.15) is 18.3 Å². The van der Waals surface area contributed by atoms with Crippen molar-refractivity contribution in [1.29, 1.82) is 0 Å². The van der Waals surface area contributed by atoms with E-state index in [-0.39, 0.29) is 12.2 Å². The van der Waals surface area contributed by atoms with E-state index in [1.807, 2.05) is 12.1 Å². The number of nitrogens with zero attached hydrogens (tertiary/aromatic N) is 5. The van der Waals surface area contributed by atoms with Gasteiger partial charge in [0, 0.05) is 18.9 Å². The molecule has 1 amide bonds. The van der Waals surface area contributed by atoms with Gasteiger partial charge in [-0.25, -0.2) is 9.07 Å². The summed E-state index contributed by atoms with van der Waals surface area (Å²) in [5.74, 6) is -1.64. The standard InChI is InChI=1S/C21H16F4N6O/c22-16-5-7-17(8-6-16)31-19(21(23,24)25)18(28-29-31)20(32)26-12-14-3-1-4-15(11-14)13-30-10-2-9-27-30/h1-11H,12-13H2,(H,26,32). The van der Waals surface area contributed by atoms with Crippen molar-refractivity contribution >= 4 is 5.91 Å². The molecular weight excluding hydrogens is 428 g/mol. The smallest absolute Gasteiger partial charge is 0.346 e. The minimum absolute atomic E-state index is 0.00745. The van der Waals surface area contributed by atoms with Crippen molar-refractivity contribution in [2.75, 3.05) is 0 Å². The van der Waals surface area contributed by atoms with Crippen molar-refractivity contribution < 1.29 is 22.4 Å². The number of alkyl halides is 3. The Morgan fingerprint density at radius 3 is 2.47 bits per heavy atom. The van der Waals surface area contributed by atoms with Gasteiger partial charge in [0.25, 0.3) is 5.91 Å². The highest BCUT2D eigenvalue weighted by molar-refractivity contribution is 5.93. The largest absolute Gasteiger partial charge is 0.435 e. The van der Waals surface area contributed by atoms with Gasteiger partial charge >= 0.3 is 6.18 Å². The number of rotatable bonds is 6. The van der Waals surface area contributed by atoms with Crippen LogP contribution in [-0.4, -0.2) is 30.7 Å². The molecule has 7 nitrogen and oxygen atoms in total. The molecule has 0 aliphatic carbocycles. The molecule has 11 heteroatoms. The van der Waals surface area contributed by atoms with E-state index in [1.54, 1.807) is 35.3 Å². The topological polar surface area (TPSA) is 77.6 Å². The fourth-order valence-electron chi connectivity index (χ4n) is 3.14. The third-order valence-corrected chi connectivity index (χ3v) is 4.57. The third kappa shape index (κ3) is 4.66. The van der Waals surface area contributed by atoms with E-state index < -0.39 is 29.3 Å². The van der Waals surface area contributed by atoms with Crippen LogP contribution in [0.1, 0.15) is 27.3 Å². The number of benzene rings is 2. The van der Waals surface area contributed by atoms with Gasteiger partial charge in [0.15, 0.2) is 11.4 Å². The number of hydrogen-bond acceptors (Lipinski definition) is 4. The summed E-state index contributed by atoms with van der Waals surface area (Å²) in [5.41, 5.74) is -0.665. The number of aromatic nitrogens is 5. The first-order valence-electron chi connectivity index (χ1n) is 9.43. The first-order valence-corrected chi connectivity index (χ1v) is 9.43. The van der Waals surface area contributed by atoms with Crippen LogP contribution < -0.4 is 5.32 Å². The summed E-state index contributed by atoms with van der Waals surface area (Å²) in [6, 6.07) is 13.2. The minimum atomic E-state index is -4.91. The molecule has 0 atom stereocenters. The maximum absolute atomic E-state index is 13.7. The zero-order chi connectivity index (χ0) is 22.7. The molecule has 0 fully saturated rings. The van der Waals surface area contributed by atoms with E-state index >= 15 is 0 Å². The number of amides is 1. The predicted molar refractivity (Wildman–Crippen MR) is 105 cm³/mol. The average molecular weight is 444 g/mol. The molecule has 0 saturated carbocycles. The maximum Gasteiger partial charge on any atom is 0.435 e. The number of nitrogens with one attached hydrogen (secondary N) is 1. The van der Waals surface area contributed by atoms with Crippen LogP contribution in [-0.2, 0) is 19.3 Å². The van der Waals surface area contributed by atoms with Gasteiger partial charge in [-0.3, -0.25) is 9.48 Å². The van der Waals surface area contributed by atoms with Crippen molar-refractivity contribution in [3.05, 3.63) is 95.3 Å². The normalized spacial score (nSPS) is 11.5. The number of carbonyl (C=O) groups excluding carboxylic acids is 1. The lowest BCUT2D eigenvalue weighted by Crippen LogP contribution is -2.27. The lowest BCUT2D eigenvalue weighted by atomic mass is 10.1. The van der Waals surface area contributed by atoms with E-state index in [9.17, 15) is 22.4 Å². The average Bonchev–Trinajstić information content (AvgIpc) is 3.43. The van der Waals surface area contributed by atoms with E-state index in [0.717, 1.165) is 29.8 Å². The fraction of sp³-hybridized carbons (Fsp3) is 0.143. The summed E-state index contributed by atoms with van der Waals surface area (Å²) in [7, 11) is 0. The van der Waals surface area contributed by atoms with E-state index in [0.29, 0.717) is 16.8 Å². The molecule has 0 bridgehead atoms. The van der Waals surface area contributed by atoms with Crippen molar-refractivity contribution in [2.45, 2.75) is 19.3 Å². The number of hydrogen-bond donors (Lipinski definition) is 1. The first kappa shape index (κ1) is 21.2. The lowest BCUT2D eigenvalue weighted by molar-refractivity contribution is -0.143. The molecule has 2 aromatic carbocycles. The van der Waals surface area contributed by atoms with Gasteiger partial charge in [-0.15, -0.1) is 5.10 Å². The van der Waals surface area contributed by atoms with Crippen LogP contribution in [0.5, 0.6) is 0 Å². The molecule has 1 N–H and O–H groups in total. The van der Waals surface area contributed by atoms with Crippen molar-refractivity contribution in [2.24, 2.45) is 0 Å². The second-order valence-electron chi connectivity index (χ2n) is 6.88. The monoisotopic (exact) mass is 444 g/mol. The summed E-state index contributed by atoms with van der Waals surface area (Å²) < 4.78 is 56.4. The Bertz CT molecular complexity index is 1220. The van der Waals surface area contributed by atoms with Crippen molar-refractivity contribution in [3.8, 4) is 5.69 Å². The Morgan fingerprint density at radius 1 is 1.03 bits per heavy atom. The zero-order valence-corrected chi connectivity index (χ0v) is 16.4. The molecule has 0 unspecified atom stereocenters. The Labute approximate surface area is 179 Å². The molecule has 4 aromatic rings. The number of halogens is 4. The molecule has 4 rings (SSSR count). The molecule has 2 aromatic heterocycles. The van der Waals surface area contributed by atoms with Crippen LogP contribution in [0.4, 0.5) is 17.6 Å². The molecule has 0 radical (unpaired) electrons. The van der Waals surface area contributed by atoms with Gasteiger partial charge in [0.1, 0.15) is 5.82 Å². The SMILES string of the molecule is O=C(NCc1cccc(Cn2cccn2)c1)c1nnn(-c2ccc(F)cc2)c1C(F)(F)F. The van der Waals surface area contributed by atoms with Crippen molar-refractivity contribution in [1.82, 2.24) is 30.1 Å². The minimum Gasteiger partial charge on any atom is -0.346 e. The first-order chi connectivity index (χ1) is 15.3. The highest BCUT2D eigenvalue weighted by atomic mass is 19.4. The van der Waals surface area contributed by atoms with Crippen LogP contribution in [0.25, 0.3) is 5.69 Å². The highest BCUT2D eigenvalue weighted by Gasteiger charge is 2.42. The molecule has 2 heterocycles. The summed E-state index contributed by atoms with van der Waals surface area (Å²) in [4.78, 5) is 12.5. The van der Waals surface area contributed by atoms with E-state index in [1.165, 1.54) is 0 Å². The lowest BCUT2D eigenvalue weighted by Gasteiger charge is -2.11. The molecule has 32 heavy (non-hydrogen) atoms. The third-order valence-electron chi connectivity index (χ3n) is 4.57. The van der Waals surface area contributed by atoms with Gasteiger partial charge in [-0.1, -0.05) is 29.5 Å². The van der Waals surface area contributed by atoms with Crippen LogP contribution >= 0.6 is 0 Å². The molecule has 0 saturated heterocycles. The van der Waals surface area contributed by atoms with Crippen LogP contribution in [0.3, 0.4) is 0 Å². The van der Waals surface area contributed by atoms with Crippen LogP contribution in [0.15, 0.2) is 67.0 Å². The predicted octanol–water partition coefficient (Wildman–Crippen LogP) is 3.60. The second-order valence-corrected chi connectivity index (χ2v) is 6.88. The quantitative estimate of drug-likeness (QED) is 0.461. The molecule has 0 aliphatic heterocycles. The van der Waals surface area contributed by atoms with Crippen molar-refractivity contribution in [3.63, 3.8) is 0 Å². The number of carbonyl (C=O) groups is 1.